The standard InChI is InChI=1S/C12H12BrN/c1-8-10(7-14)3-2-9-4-5-11(13)6-12(8)9/h2-6H,7,14H2,1H3. The second-order valence-electron chi connectivity index (χ2n) is 3.42. The Bertz CT molecular complexity index is 477. The summed E-state index contributed by atoms with van der Waals surface area (Å²) >= 11 is 3.48. The van der Waals surface area contributed by atoms with Gasteiger partial charge in [-0.15, -0.1) is 0 Å². The van der Waals surface area contributed by atoms with Crippen molar-refractivity contribution in [2.75, 3.05) is 0 Å². The van der Waals surface area contributed by atoms with Gasteiger partial charge in [0.1, 0.15) is 0 Å². The van der Waals surface area contributed by atoms with E-state index in [9.17, 15) is 0 Å². The Hall–Kier alpha value is -0.860. The van der Waals surface area contributed by atoms with E-state index >= 15 is 0 Å². The number of halogens is 1. The van der Waals surface area contributed by atoms with Crippen LogP contribution in [0, 0.1) is 6.92 Å². The zero-order valence-corrected chi connectivity index (χ0v) is 9.64. The molecule has 0 atom stereocenters. The summed E-state index contributed by atoms with van der Waals surface area (Å²) in [5.74, 6) is 0. The van der Waals surface area contributed by atoms with E-state index in [-0.39, 0.29) is 0 Å². The Balaban J connectivity index is 2.79. The molecule has 0 fully saturated rings. The Kier molecular flexibility index (Phi) is 2.57. The lowest BCUT2D eigenvalue weighted by Crippen LogP contribution is -1.99. The van der Waals surface area contributed by atoms with E-state index in [0.29, 0.717) is 6.54 Å². The van der Waals surface area contributed by atoms with E-state index in [1.807, 2.05) is 0 Å². The molecule has 2 N–H and O–H groups in total. The van der Waals surface area contributed by atoms with Crippen molar-refractivity contribution in [1.82, 2.24) is 0 Å². The van der Waals surface area contributed by atoms with Crippen molar-refractivity contribution in [3.05, 3.63) is 45.9 Å². The third kappa shape index (κ3) is 1.56. The van der Waals surface area contributed by atoms with Crippen LogP contribution in [0.1, 0.15) is 11.1 Å². The highest BCUT2D eigenvalue weighted by Crippen LogP contribution is 2.24. The molecule has 0 unspecified atom stereocenters. The molecule has 2 heteroatoms. The van der Waals surface area contributed by atoms with Gasteiger partial charge in [0.15, 0.2) is 0 Å². The molecule has 0 amide bonds. The Labute approximate surface area is 92.1 Å². The molecule has 0 radical (unpaired) electrons. The van der Waals surface area contributed by atoms with Crippen LogP contribution in [-0.2, 0) is 6.54 Å². The van der Waals surface area contributed by atoms with Gasteiger partial charge in [-0.2, -0.15) is 0 Å². The fraction of sp³-hybridized carbons (Fsp3) is 0.167. The minimum absolute atomic E-state index is 0.605. The van der Waals surface area contributed by atoms with Crippen LogP contribution in [0.2, 0.25) is 0 Å². The molecule has 0 aliphatic carbocycles. The summed E-state index contributed by atoms with van der Waals surface area (Å²) in [6.07, 6.45) is 0. The minimum atomic E-state index is 0.605. The summed E-state index contributed by atoms with van der Waals surface area (Å²) in [5.41, 5.74) is 8.17. The lowest BCUT2D eigenvalue weighted by Gasteiger charge is -2.07. The maximum absolute atomic E-state index is 5.67. The predicted molar refractivity (Wildman–Crippen MR) is 64.3 cm³/mol. The number of nitrogens with two attached hydrogens (primary N) is 1. The summed E-state index contributed by atoms with van der Waals surface area (Å²) in [6, 6.07) is 10.5. The van der Waals surface area contributed by atoms with Crippen LogP contribution in [-0.4, -0.2) is 0 Å². The van der Waals surface area contributed by atoms with Crippen LogP contribution in [0.3, 0.4) is 0 Å². The summed E-state index contributed by atoms with van der Waals surface area (Å²) in [4.78, 5) is 0. The minimum Gasteiger partial charge on any atom is -0.326 e. The number of hydrogen-bond acceptors (Lipinski definition) is 1. The van der Waals surface area contributed by atoms with Crippen molar-refractivity contribution >= 4 is 26.7 Å². The molecule has 0 saturated carbocycles. The summed E-state index contributed by atoms with van der Waals surface area (Å²) in [5, 5.41) is 2.55. The van der Waals surface area contributed by atoms with Crippen molar-refractivity contribution in [1.29, 1.82) is 0 Å². The molecule has 0 heterocycles. The first-order valence-corrected chi connectivity index (χ1v) is 5.39. The van der Waals surface area contributed by atoms with Gasteiger partial charge in [-0.3, -0.25) is 0 Å². The number of aryl methyl sites for hydroxylation is 1. The van der Waals surface area contributed by atoms with Crippen molar-refractivity contribution in [3.8, 4) is 0 Å². The molecule has 0 aliphatic heterocycles. The Morgan fingerprint density at radius 1 is 1.21 bits per heavy atom. The molecule has 14 heavy (non-hydrogen) atoms. The van der Waals surface area contributed by atoms with Crippen molar-refractivity contribution < 1.29 is 0 Å². The van der Waals surface area contributed by atoms with Gasteiger partial charge in [0, 0.05) is 11.0 Å². The quantitative estimate of drug-likeness (QED) is 0.825. The lowest BCUT2D eigenvalue weighted by atomic mass is 10.0. The topological polar surface area (TPSA) is 26.0 Å². The van der Waals surface area contributed by atoms with Gasteiger partial charge in [-0.25, -0.2) is 0 Å². The molecule has 2 aromatic rings. The lowest BCUT2D eigenvalue weighted by molar-refractivity contribution is 1.06. The van der Waals surface area contributed by atoms with Gasteiger partial charge in [0.2, 0.25) is 0 Å². The molecule has 2 aromatic carbocycles. The first-order valence-electron chi connectivity index (χ1n) is 4.60. The summed E-state index contributed by atoms with van der Waals surface area (Å²) in [6.45, 7) is 2.73. The third-order valence-corrected chi connectivity index (χ3v) is 3.08. The number of fused-ring (bicyclic) bond motifs is 1. The molecular weight excluding hydrogens is 238 g/mol. The zero-order valence-electron chi connectivity index (χ0n) is 8.05. The SMILES string of the molecule is Cc1c(CN)ccc2ccc(Br)cc12. The van der Waals surface area contributed by atoms with Crippen LogP contribution in [0.5, 0.6) is 0 Å². The van der Waals surface area contributed by atoms with E-state index in [1.54, 1.807) is 0 Å². The highest BCUT2D eigenvalue weighted by molar-refractivity contribution is 9.10. The van der Waals surface area contributed by atoms with E-state index in [0.717, 1.165) is 4.47 Å². The van der Waals surface area contributed by atoms with Gasteiger partial charge >= 0.3 is 0 Å². The number of benzene rings is 2. The van der Waals surface area contributed by atoms with Crippen molar-refractivity contribution in [2.45, 2.75) is 13.5 Å². The van der Waals surface area contributed by atoms with Gasteiger partial charge in [0.05, 0.1) is 0 Å². The van der Waals surface area contributed by atoms with E-state index in [4.69, 9.17) is 5.73 Å². The summed E-state index contributed by atoms with van der Waals surface area (Å²) in [7, 11) is 0. The highest BCUT2D eigenvalue weighted by atomic mass is 79.9. The Morgan fingerprint density at radius 3 is 2.64 bits per heavy atom. The van der Waals surface area contributed by atoms with Gasteiger partial charge < -0.3 is 5.73 Å². The second kappa shape index (κ2) is 3.71. The molecule has 0 bridgehead atoms. The smallest absolute Gasteiger partial charge is 0.0181 e. The fourth-order valence-corrected chi connectivity index (χ4v) is 2.07. The Morgan fingerprint density at radius 2 is 1.93 bits per heavy atom. The molecule has 2 rings (SSSR count). The van der Waals surface area contributed by atoms with Gasteiger partial charge in [0.25, 0.3) is 0 Å². The second-order valence-corrected chi connectivity index (χ2v) is 4.33. The van der Waals surface area contributed by atoms with Crippen LogP contribution >= 0.6 is 15.9 Å². The van der Waals surface area contributed by atoms with E-state index < -0.39 is 0 Å². The number of rotatable bonds is 1. The fourth-order valence-electron chi connectivity index (χ4n) is 1.71. The maximum Gasteiger partial charge on any atom is 0.0181 e. The molecule has 1 nitrogen and oxygen atoms in total. The molecular formula is C12H12BrN. The molecule has 72 valence electrons. The zero-order chi connectivity index (χ0) is 10.1. The van der Waals surface area contributed by atoms with E-state index in [1.165, 1.54) is 21.9 Å². The van der Waals surface area contributed by atoms with Crippen LogP contribution in [0.25, 0.3) is 10.8 Å². The van der Waals surface area contributed by atoms with Crippen molar-refractivity contribution in [2.24, 2.45) is 5.73 Å². The van der Waals surface area contributed by atoms with E-state index in [2.05, 4.69) is 53.2 Å². The molecule has 0 spiro atoms. The van der Waals surface area contributed by atoms with Gasteiger partial charge in [-0.05, 0) is 41.0 Å². The van der Waals surface area contributed by atoms with Crippen molar-refractivity contribution in [3.63, 3.8) is 0 Å². The van der Waals surface area contributed by atoms with Crippen LogP contribution in [0.15, 0.2) is 34.8 Å². The largest absolute Gasteiger partial charge is 0.326 e. The normalized spacial score (nSPS) is 10.8. The monoisotopic (exact) mass is 249 g/mol. The first-order chi connectivity index (χ1) is 6.72. The summed E-state index contributed by atoms with van der Waals surface area (Å²) < 4.78 is 1.11. The van der Waals surface area contributed by atoms with Crippen LogP contribution < -0.4 is 5.73 Å². The predicted octanol–water partition coefficient (Wildman–Crippen LogP) is 3.37. The molecule has 0 aromatic heterocycles. The molecule has 0 aliphatic rings. The van der Waals surface area contributed by atoms with Crippen LogP contribution in [0.4, 0.5) is 0 Å². The average molecular weight is 250 g/mol. The molecule has 0 saturated heterocycles. The number of hydrogen-bond donors (Lipinski definition) is 1. The first kappa shape index (κ1) is 9.69. The highest BCUT2D eigenvalue weighted by Gasteiger charge is 2.02. The average Bonchev–Trinajstić information content (AvgIpc) is 2.20. The third-order valence-electron chi connectivity index (χ3n) is 2.59. The maximum atomic E-state index is 5.67. The van der Waals surface area contributed by atoms with Gasteiger partial charge in [-0.1, -0.05) is 34.1 Å².